The SMILES string of the molecule is Cc1ccc(-n2nc(C(F)F)c(CCl)c2Cl)nn1. The van der Waals surface area contributed by atoms with Gasteiger partial charge < -0.3 is 0 Å². The Morgan fingerprint density at radius 1 is 1.33 bits per heavy atom. The Kier molecular flexibility index (Phi) is 3.77. The molecule has 0 atom stereocenters. The third kappa shape index (κ3) is 2.30. The van der Waals surface area contributed by atoms with Gasteiger partial charge in [-0.2, -0.15) is 10.2 Å². The van der Waals surface area contributed by atoms with Gasteiger partial charge in [-0.05, 0) is 19.1 Å². The lowest BCUT2D eigenvalue weighted by Gasteiger charge is -2.01. The quantitative estimate of drug-likeness (QED) is 0.815. The van der Waals surface area contributed by atoms with Crippen LogP contribution in [-0.4, -0.2) is 20.0 Å². The largest absolute Gasteiger partial charge is 0.282 e. The van der Waals surface area contributed by atoms with Crippen molar-refractivity contribution in [3.05, 3.63) is 34.2 Å². The van der Waals surface area contributed by atoms with Gasteiger partial charge in [0.15, 0.2) is 5.82 Å². The molecule has 0 amide bonds. The fourth-order valence-corrected chi connectivity index (χ4v) is 2.02. The van der Waals surface area contributed by atoms with E-state index in [1.165, 1.54) is 0 Å². The van der Waals surface area contributed by atoms with Crippen LogP contribution in [0.2, 0.25) is 5.15 Å². The molecule has 2 aromatic rings. The van der Waals surface area contributed by atoms with Crippen LogP contribution in [0.15, 0.2) is 12.1 Å². The minimum absolute atomic E-state index is 0.0263. The molecule has 0 saturated heterocycles. The van der Waals surface area contributed by atoms with E-state index in [2.05, 4.69) is 15.3 Å². The van der Waals surface area contributed by atoms with E-state index in [-0.39, 0.29) is 22.4 Å². The average molecular weight is 293 g/mol. The molecule has 0 radical (unpaired) electrons. The minimum atomic E-state index is -2.74. The van der Waals surface area contributed by atoms with Gasteiger partial charge in [0.05, 0.1) is 11.6 Å². The molecule has 0 unspecified atom stereocenters. The van der Waals surface area contributed by atoms with Crippen LogP contribution in [0.1, 0.15) is 23.4 Å². The molecule has 0 spiro atoms. The predicted molar refractivity (Wildman–Crippen MR) is 63.4 cm³/mol. The smallest absolute Gasteiger partial charge is 0.203 e. The van der Waals surface area contributed by atoms with E-state index in [4.69, 9.17) is 23.2 Å². The van der Waals surface area contributed by atoms with Crippen LogP contribution in [0, 0.1) is 6.92 Å². The van der Waals surface area contributed by atoms with Crippen LogP contribution in [0.5, 0.6) is 0 Å². The maximum Gasteiger partial charge on any atom is 0.282 e. The van der Waals surface area contributed by atoms with Gasteiger partial charge in [-0.3, -0.25) is 0 Å². The Bertz CT molecular complexity index is 554. The summed E-state index contributed by atoms with van der Waals surface area (Å²) in [5, 5.41) is 11.4. The summed E-state index contributed by atoms with van der Waals surface area (Å²) in [4.78, 5) is 0. The lowest BCUT2D eigenvalue weighted by molar-refractivity contribution is 0.144. The first kappa shape index (κ1) is 13.2. The summed E-state index contributed by atoms with van der Waals surface area (Å²) in [7, 11) is 0. The summed E-state index contributed by atoms with van der Waals surface area (Å²) in [6.07, 6.45) is -2.74. The second kappa shape index (κ2) is 5.16. The van der Waals surface area contributed by atoms with Crippen molar-refractivity contribution in [2.45, 2.75) is 19.2 Å². The number of alkyl halides is 3. The summed E-state index contributed by atoms with van der Waals surface area (Å²) in [5.41, 5.74) is 0.377. The number of rotatable bonds is 3. The summed E-state index contributed by atoms with van der Waals surface area (Å²) < 4.78 is 26.6. The maximum absolute atomic E-state index is 12.8. The van der Waals surface area contributed by atoms with Gasteiger partial charge in [-0.25, -0.2) is 13.5 Å². The van der Waals surface area contributed by atoms with E-state index in [1.54, 1.807) is 19.1 Å². The Balaban J connectivity index is 2.55. The fraction of sp³-hybridized carbons (Fsp3) is 0.300. The fourth-order valence-electron chi connectivity index (χ4n) is 1.40. The van der Waals surface area contributed by atoms with Crippen LogP contribution in [0.4, 0.5) is 8.78 Å². The molecule has 8 heteroatoms. The van der Waals surface area contributed by atoms with Crippen molar-refractivity contribution in [2.24, 2.45) is 0 Å². The van der Waals surface area contributed by atoms with Crippen molar-refractivity contribution in [1.82, 2.24) is 20.0 Å². The second-order valence-corrected chi connectivity index (χ2v) is 4.16. The first-order valence-electron chi connectivity index (χ1n) is 4.96. The van der Waals surface area contributed by atoms with Gasteiger partial charge in [0, 0.05) is 5.56 Å². The zero-order valence-electron chi connectivity index (χ0n) is 9.24. The molecule has 0 saturated carbocycles. The van der Waals surface area contributed by atoms with E-state index in [0.29, 0.717) is 5.69 Å². The van der Waals surface area contributed by atoms with Gasteiger partial charge in [-0.1, -0.05) is 11.6 Å². The third-order valence-corrected chi connectivity index (χ3v) is 2.95. The lowest BCUT2D eigenvalue weighted by Crippen LogP contribution is -2.02. The van der Waals surface area contributed by atoms with Gasteiger partial charge >= 0.3 is 0 Å². The molecule has 0 N–H and O–H groups in total. The summed E-state index contributed by atoms with van der Waals surface area (Å²) in [6, 6.07) is 3.28. The number of hydrogen-bond acceptors (Lipinski definition) is 3. The molecule has 0 aliphatic carbocycles. The standard InChI is InChI=1S/C10H8Cl2F2N4/c1-5-2-3-7(16-15-5)18-9(12)6(4-11)8(17-18)10(13)14/h2-3,10H,4H2,1H3. The second-order valence-electron chi connectivity index (χ2n) is 3.53. The zero-order chi connectivity index (χ0) is 13.3. The van der Waals surface area contributed by atoms with Gasteiger partial charge in [0.2, 0.25) is 0 Å². The van der Waals surface area contributed by atoms with Crippen LogP contribution in [-0.2, 0) is 5.88 Å². The van der Waals surface area contributed by atoms with E-state index >= 15 is 0 Å². The number of aryl methyl sites for hydroxylation is 1. The highest BCUT2D eigenvalue weighted by molar-refractivity contribution is 6.31. The first-order chi connectivity index (χ1) is 8.54. The number of hydrogen-bond donors (Lipinski definition) is 0. The van der Waals surface area contributed by atoms with Gasteiger partial charge in [-0.15, -0.1) is 16.7 Å². The zero-order valence-corrected chi connectivity index (χ0v) is 10.8. The minimum Gasteiger partial charge on any atom is -0.203 e. The highest BCUT2D eigenvalue weighted by Gasteiger charge is 2.23. The summed E-state index contributed by atoms with van der Waals surface area (Å²) in [5.74, 6) is 0.126. The summed E-state index contributed by atoms with van der Waals surface area (Å²) >= 11 is 11.6. The summed E-state index contributed by atoms with van der Waals surface area (Å²) in [6.45, 7) is 1.76. The maximum atomic E-state index is 12.8. The van der Waals surface area contributed by atoms with Crippen molar-refractivity contribution in [3.8, 4) is 5.82 Å². The van der Waals surface area contributed by atoms with E-state index < -0.39 is 12.1 Å². The third-order valence-electron chi connectivity index (χ3n) is 2.29. The molecule has 18 heavy (non-hydrogen) atoms. The van der Waals surface area contributed by atoms with E-state index in [0.717, 1.165) is 4.68 Å². The molecule has 2 aromatic heterocycles. The van der Waals surface area contributed by atoms with Gasteiger partial charge in [0.1, 0.15) is 10.8 Å². The normalized spacial score (nSPS) is 11.2. The van der Waals surface area contributed by atoms with Gasteiger partial charge in [0.25, 0.3) is 6.43 Å². The van der Waals surface area contributed by atoms with Crippen molar-refractivity contribution in [1.29, 1.82) is 0 Å². The Morgan fingerprint density at radius 2 is 2.06 bits per heavy atom. The molecule has 0 fully saturated rings. The molecular weight excluding hydrogens is 285 g/mol. The van der Waals surface area contributed by atoms with Crippen molar-refractivity contribution >= 4 is 23.2 Å². The van der Waals surface area contributed by atoms with Crippen molar-refractivity contribution in [3.63, 3.8) is 0 Å². The molecule has 0 aliphatic heterocycles. The molecule has 2 rings (SSSR count). The molecule has 96 valence electrons. The number of aromatic nitrogens is 4. The molecule has 4 nitrogen and oxygen atoms in total. The molecule has 0 aromatic carbocycles. The number of halogens is 4. The van der Waals surface area contributed by atoms with Crippen LogP contribution in [0.25, 0.3) is 5.82 Å². The first-order valence-corrected chi connectivity index (χ1v) is 5.88. The van der Waals surface area contributed by atoms with E-state index in [9.17, 15) is 8.78 Å². The Labute approximate surface area is 112 Å². The van der Waals surface area contributed by atoms with Crippen LogP contribution >= 0.6 is 23.2 Å². The highest BCUT2D eigenvalue weighted by Crippen LogP contribution is 2.30. The Morgan fingerprint density at radius 3 is 2.50 bits per heavy atom. The predicted octanol–water partition coefficient (Wildman–Crippen LogP) is 3.30. The molecular formula is C10H8Cl2F2N4. The average Bonchev–Trinajstić information content (AvgIpc) is 2.67. The topological polar surface area (TPSA) is 43.6 Å². The van der Waals surface area contributed by atoms with Crippen LogP contribution in [0.3, 0.4) is 0 Å². The van der Waals surface area contributed by atoms with E-state index in [1.807, 2.05) is 0 Å². The van der Waals surface area contributed by atoms with Crippen LogP contribution < -0.4 is 0 Å². The monoisotopic (exact) mass is 292 g/mol. The lowest BCUT2D eigenvalue weighted by atomic mass is 10.3. The van der Waals surface area contributed by atoms with Crippen molar-refractivity contribution in [2.75, 3.05) is 0 Å². The highest BCUT2D eigenvalue weighted by atomic mass is 35.5. The molecule has 0 bridgehead atoms. The molecule has 0 aliphatic rings. The number of nitrogens with zero attached hydrogens (tertiary/aromatic N) is 4. The van der Waals surface area contributed by atoms with Crippen molar-refractivity contribution < 1.29 is 8.78 Å². The Hall–Kier alpha value is -1.27. The molecule has 2 heterocycles.